The quantitative estimate of drug-likeness (QED) is 0.637. The minimum Gasteiger partial charge on any atom is -0.201 e. The molecule has 0 aliphatic heterocycles. The molecule has 80 valence electrons. The predicted octanol–water partition coefficient (Wildman–Crippen LogP) is 4.49. The summed E-state index contributed by atoms with van der Waals surface area (Å²) < 4.78 is 0.227. The van der Waals surface area contributed by atoms with Crippen molar-refractivity contribution >= 4 is 40.3 Å². The van der Waals surface area contributed by atoms with Crippen molar-refractivity contribution in [2.75, 3.05) is 0 Å². The van der Waals surface area contributed by atoms with E-state index in [9.17, 15) is 0 Å². The van der Waals surface area contributed by atoms with Gasteiger partial charge in [0.2, 0.25) is 0 Å². The molecule has 2 aromatic rings. The van der Waals surface area contributed by atoms with E-state index in [-0.39, 0.29) is 4.55 Å². The highest BCUT2D eigenvalue weighted by Gasteiger charge is 2.11. The summed E-state index contributed by atoms with van der Waals surface area (Å²) in [5, 5.41) is 0. The lowest BCUT2D eigenvalue weighted by atomic mass is 10.4. The second-order valence-corrected chi connectivity index (χ2v) is 7.04. The molecule has 0 radical (unpaired) electrons. The molecule has 0 aromatic heterocycles. The van der Waals surface area contributed by atoms with Crippen LogP contribution < -0.4 is 0 Å². The smallest absolute Gasteiger partial charge is 0.201 e. The Hall–Kier alpha value is -0.445. The molecule has 4 heteroatoms. The van der Waals surface area contributed by atoms with Gasteiger partial charge in [-0.25, -0.2) is 12.5 Å². The average molecular weight is 262 g/mol. The number of thiol groups is 1. The third-order valence-corrected chi connectivity index (χ3v) is 4.66. The van der Waals surface area contributed by atoms with Crippen LogP contribution in [0.4, 0.5) is 0 Å². The van der Waals surface area contributed by atoms with Crippen LogP contribution >= 0.6 is 35.7 Å². The summed E-state index contributed by atoms with van der Waals surface area (Å²) >= 11 is 8.11. The Bertz CT molecular complexity index is 377. The highest BCUT2D eigenvalue weighted by atomic mass is 32.2. The standard InChI is InChI=1S/C12H11BS3/c14-13(15-11-7-3-1-4-8-11)16-12-9-5-2-6-10-12/h1-10,14H. The molecule has 0 saturated carbocycles. The van der Waals surface area contributed by atoms with Crippen molar-refractivity contribution in [3.8, 4) is 0 Å². The molecule has 0 atom stereocenters. The third kappa shape index (κ3) is 3.85. The van der Waals surface area contributed by atoms with Gasteiger partial charge in [-0.15, -0.1) is 23.2 Å². The number of hydrogen-bond acceptors (Lipinski definition) is 3. The molecule has 16 heavy (non-hydrogen) atoms. The summed E-state index contributed by atoms with van der Waals surface area (Å²) in [6.07, 6.45) is 0. The van der Waals surface area contributed by atoms with Crippen molar-refractivity contribution in [1.29, 1.82) is 0 Å². The van der Waals surface area contributed by atoms with E-state index in [1.54, 1.807) is 23.2 Å². The molecule has 0 unspecified atom stereocenters. The first kappa shape index (κ1) is 12.0. The normalized spacial score (nSPS) is 10.1. The lowest BCUT2D eigenvalue weighted by Crippen LogP contribution is -1.91. The van der Waals surface area contributed by atoms with E-state index in [0.29, 0.717) is 0 Å². The van der Waals surface area contributed by atoms with Crippen molar-refractivity contribution in [3.63, 3.8) is 0 Å². The van der Waals surface area contributed by atoms with E-state index in [1.807, 2.05) is 12.1 Å². The van der Waals surface area contributed by atoms with Crippen molar-refractivity contribution in [1.82, 2.24) is 0 Å². The van der Waals surface area contributed by atoms with Gasteiger partial charge >= 0.3 is 4.55 Å². The zero-order chi connectivity index (χ0) is 11.2. The second kappa shape index (κ2) is 6.33. The maximum absolute atomic E-state index is 4.58. The van der Waals surface area contributed by atoms with Crippen molar-refractivity contribution in [2.24, 2.45) is 0 Å². The van der Waals surface area contributed by atoms with Gasteiger partial charge in [-0.2, -0.15) is 0 Å². The fourth-order valence-electron chi connectivity index (χ4n) is 1.26. The predicted molar refractivity (Wildman–Crippen MR) is 79.3 cm³/mol. The van der Waals surface area contributed by atoms with Crippen molar-refractivity contribution in [2.45, 2.75) is 9.79 Å². The Kier molecular flexibility index (Phi) is 4.76. The fraction of sp³-hybridized carbons (Fsp3) is 0. The summed E-state index contributed by atoms with van der Waals surface area (Å²) in [6.45, 7) is 0. The Morgan fingerprint density at radius 3 is 1.44 bits per heavy atom. The van der Waals surface area contributed by atoms with Crippen LogP contribution in [0.5, 0.6) is 0 Å². The van der Waals surface area contributed by atoms with Crippen LogP contribution in [-0.2, 0) is 0 Å². The van der Waals surface area contributed by atoms with Crippen molar-refractivity contribution in [3.05, 3.63) is 60.7 Å². The van der Waals surface area contributed by atoms with E-state index < -0.39 is 0 Å². The zero-order valence-electron chi connectivity index (χ0n) is 8.61. The Morgan fingerprint density at radius 1 is 0.688 bits per heavy atom. The molecule has 0 amide bonds. The van der Waals surface area contributed by atoms with Crippen LogP contribution in [0.2, 0.25) is 0 Å². The maximum Gasteiger partial charge on any atom is 0.347 e. The monoisotopic (exact) mass is 262 g/mol. The molecule has 0 bridgehead atoms. The topological polar surface area (TPSA) is 0 Å². The molecule has 0 saturated heterocycles. The van der Waals surface area contributed by atoms with Gasteiger partial charge in [0.1, 0.15) is 0 Å². The van der Waals surface area contributed by atoms with E-state index in [1.165, 1.54) is 9.79 Å². The highest BCUT2D eigenvalue weighted by Crippen LogP contribution is 2.33. The van der Waals surface area contributed by atoms with Crippen LogP contribution in [0, 0.1) is 0 Å². The molecule has 0 heterocycles. The molecule has 0 nitrogen and oxygen atoms in total. The molecule has 0 aliphatic rings. The molecule has 0 spiro atoms. The summed E-state index contributed by atoms with van der Waals surface area (Å²) in [6, 6.07) is 20.7. The molecule has 0 N–H and O–H groups in total. The lowest BCUT2D eigenvalue weighted by molar-refractivity contribution is 1.47. The summed E-state index contributed by atoms with van der Waals surface area (Å²) in [5.74, 6) is 0. The second-order valence-electron chi connectivity index (χ2n) is 3.17. The molecular weight excluding hydrogens is 251 g/mol. The van der Waals surface area contributed by atoms with Crippen LogP contribution in [0.3, 0.4) is 0 Å². The number of rotatable bonds is 4. The van der Waals surface area contributed by atoms with Crippen LogP contribution in [0.15, 0.2) is 70.5 Å². The fourth-order valence-corrected chi connectivity index (χ4v) is 3.94. The van der Waals surface area contributed by atoms with E-state index in [4.69, 9.17) is 0 Å². The van der Waals surface area contributed by atoms with Gasteiger partial charge in [-0.1, -0.05) is 36.4 Å². The first-order chi connectivity index (χ1) is 7.84. The largest absolute Gasteiger partial charge is 0.347 e. The molecule has 2 aromatic carbocycles. The van der Waals surface area contributed by atoms with Crippen LogP contribution in [0.1, 0.15) is 0 Å². The molecular formula is C12H11BS3. The number of hydrogen-bond donors (Lipinski definition) is 1. The molecule has 2 rings (SSSR count). The first-order valence-corrected chi connectivity index (χ1v) is 7.23. The average Bonchev–Trinajstić information content (AvgIpc) is 2.31. The van der Waals surface area contributed by atoms with Gasteiger partial charge < -0.3 is 0 Å². The molecule has 0 fully saturated rings. The van der Waals surface area contributed by atoms with Gasteiger partial charge in [0, 0.05) is 0 Å². The Labute approximate surface area is 110 Å². The van der Waals surface area contributed by atoms with Crippen LogP contribution in [-0.4, -0.2) is 4.55 Å². The van der Waals surface area contributed by atoms with Gasteiger partial charge in [0.05, 0.1) is 0 Å². The summed E-state index contributed by atoms with van der Waals surface area (Å²) in [5.41, 5.74) is 0. The van der Waals surface area contributed by atoms with E-state index in [2.05, 4.69) is 61.0 Å². The SMILES string of the molecule is SB(Sc1ccccc1)Sc1ccccc1. The van der Waals surface area contributed by atoms with E-state index in [0.717, 1.165) is 0 Å². The van der Waals surface area contributed by atoms with Crippen molar-refractivity contribution < 1.29 is 0 Å². The Morgan fingerprint density at radius 2 is 1.06 bits per heavy atom. The summed E-state index contributed by atoms with van der Waals surface area (Å²) in [7, 11) is 0. The van der Waals surface area contributed by atoms with E-state index >= 15 is 0 Å². The molecule has 0 aliphatic carbocycles. The number of benzene rings is 2. The third-order valence-electron chi connectivity index (χ3n) is 1.96. The van der Waals surface area contributed by atoms with Crippen LogP contribution in [0.25, 0.3) is 0 Å². The minimum absolute atomic E-state index is 0.227. The Balaban J connectivity index is 1.92. The van der Waals surface area contributed by atoms with Gasteiger partial charge in [0.25, 0.3) is 0 Å². The maximum atomic E-state index is 4.58. The zero-order valence-corrected chi connectivity index (χ0v) is 11.1. The van der Waals surface area contributed by atoms with Gasteiger partial charge in [-0.05, 0) is 34.1 Å². The van der Waals surface area contributed by atoms with Gasteiger partial charge in [0.15, 0.2) is 0 Å². The van der Waals surface area contributed by atoms with Gasteiger partial charge in [-0.3, -0.25) is 0 Å². The first-order valence-electron chi connectivity index (χ1n) is 4.96. The highest BCUT2D eigenvalue weighted by molar-refractivity contribution is 8.73. The lowest BCUT2D eigenvalue weighted by Gasteiger charge is -2.06. The minimum atomic E-state index is 0.227. The summed E-state index contributed by atoms with van der Waals surface area (Å²) in [4.78, 5) is 2.51.